The van der Waals surface area contributed by atoms with Gasteiger partial charge in [-0.15, -0.1) is 0 Å². The maximum atomic E-state index is 14.7. The molecular weight excluding hydrogens is 610 g/mol. The molecule has 0 aromatic heterocycles. The number of ketones is 1. The van der Waals surface area contributed by atoms with Gasteiger partial charge in [-0.1, -0.05) is 80.6 Å². The van der Waals surface area contributed by atoms with Crippen molar-refractivity contribution in [2.75, 3.05) is 31.2 Å². The molecule has 2 aliphatic heterocycles. The topological polar surface area (TPSA) is 93.1 Å². The van der Waals surface area contributed by atoms with Gasteiger partial charge in [0.2, 0.25) is 5.91 Å². The average molecular weight is 662 g/mol. The smallest absolute Gasteiger partial charge is 0.247 e. The standard InChI is InChI=1S/C42H51N3O4/c1-37-16-13-31(46)25-39(37)19-20-42(32(26-39)35(47)29-9-5-3-6-10-29)33(37)14-17-38(2)34(42)15-18-41(38,49)27-44-23-21-40(22-24-44)36(48)43-28-45(40)30-11-7-4-8-12-30/h3-12,19-20,26,31,33-34,46,49H,13-18,21-25,27-28H2,1-2H3,(H,43,48)/t31?,33-,34-,37-,38+,39+,41-,42-/m1/s1. The Hall–Kier alpha value is -3.26. The molecule has 3 saturated carbocycles. The summed E-state index contributed by atoms with van der Waals surface area (Å²) in [5.41, 5.74) is 0.0504. The van der Waals surface area contributed by atoms with Crippen LogP contribution in [-0.2, 0) is 4.79 Å². The zero-order valence-electron chi connectivity index (χ0n) is 29.0. The van der Waals surface area contributed by atoms with Crippen LogP contribution >= 0.6 is 0 Å². The number of anilines is 1. The van der Waals surface area contributed by atoms with Crippen LogP contribution < -0.4 is 10.2 Å². The predicted octanol–water partition coefficient (Wildman–Crippen LogP) is 5.89. The molecule has 2 heterocycles. The van der Waals surface area contributed by atoms with Crippen molar-refractivity contribution in [3.63, 3.8) is 0 Å². The monoisotopic (exact) mass is 661 g/mol. The Balaban J connectivity index is 1.03. The van der Waals surface area contributed by atoms with Gasteiger partial charge in [0.05, 0.1) is 18.4 Å². The normalized spacial score (nSPS) is 42.0. The van der Waals surface area contributed by atoms with Gasteiger partial charge in [0.25, 0.3) is 0 Å². The van der Waals surface area contributed by atoms with E-state index in [1.54, 1.807) is 0 Å². The first-order chi connectivity index (χ1) is 23.5. The summed E-state index contributed by atoms with van der Waals surface area (Å²) in [6.07, 6.45) is 14.1. The van der Waals surface area contributed by atoms with E-state index < -0.39 is 16.6 Å². The van der Waals surface area contributed by atoms with Crippen molar-refractivity contribution in [2.24, 2.45) is 33.5 Å². The number of nitrogens with zero attached hydrogens (tertiary/aromatic N) is 2. The first kappa shape index (κ1) is 31.7. The summed E-state index contributed by atoms with van der Waals surface area (Å²) < 4.78 is 0. The molecule has 0 radical (unpaired) electrons. The zero-order valence-corrected chi connectivity index (χ0v) is 29.0. The number of aliphatic hydroxyl groups excluding tert-OH is 1. The van der Waals surface area contributed by atoms with Gasteiger partial charge >= 0.3 is 0 Å². The number of likely N-dealkylation sites (tertiary alicyclic amines) is 1. The lowest BCUT2D eigenvalue weighted by molar-refractivity contribution is -0.177. The summed E-state index contributed by atoms with van der Waals surface area (Å²) >= 11 is 0. The Morgan fingerprint density at radius 3 is 2.24 bits per heavy atom. The number of carbonyl (C=O) groups excluding carboxylic acids is 2. The highest BCUT2D eigenvalue weighted by molar-refractivity contribution is 6.10. The van der Waals surface area contributed by atoms with E-state index in [4.69, 9.17) is 0 Å². The highest BCUT2D eigenvalue weighted by Crippen LogP contribution is 2.78. The van der Waals surface area contributed by atoms with Crippen molar-refractivity contribution in [3.8, 4) is 0 Å². The number of rotatable bonds is 5. The van der Waals surface area contributed by atoms with Gasteiger partial charge in [-0.05, 0) is 87.2 Å². The Kier molecular flexibility index (Phi) is 6.88. The van der Waals surface area contributed by atoms with Gasteiger partial charge in [0.1, 0.15) is 5.54 Å². The van der Waals surface area contributed by atoms with Crippen molar-refractivity contribution in [3.05, 3.63) is 90.0 Å². The third kappa shape index (κ3) is 4.07. The molecule has 8 aliphatic rings. The molecule has 3 spiro atoms. The van der Waals surface area contributed by atoms with Crippen LogP contribution in [0.4, 0.5) is 5.69 Å². The lowest BCUT2D eigenvalue weighted by Gasteiger charge is -2.71. The van der Waals surface area contributed by atoms with E-state index in [0.717, 1.165) is 74.9 Å². The molecule has 7 heteroatoms. The number of piperidine rings is 1. The molecule has 2 aromatic carbocycles. The van der Waals surface area contributed by atoms with Crippen LogP contribution in [0.5, 0.6) is 0 Å². The number of β-amino-alcohol motifs (C(OH)–C–C–N with tert-alkyl or cyclic N) is 1. The van der Waals surface area contributed by atoms with Crippen LogP contribution in [0.2, 0.25) is 0 Å². The summed E-state index contributed by atoms with van der Waals surface area (Å²) in [5.74, 6) is 0.635. The van der Waals surface area contributed by atoms with Crippen molar-refractivity contribution in [1.29, 1.82) is 0 Å². The molecule has 3 N–H and O–H groups in total. The first-order valence-electron chi connectivity index (χ1n) is 18.8. The van der Waals surface area contributed by atoms with Crippen molar-refractivity contribution in [2.45, 2.75) is 88.9 Å². The van der Waals surface area contributed by atoms with Crippen LogP contribution in [0, 0.1) is 33.5 Å². The number of aliphatic hydroxyl groups is 2. The summed E-state index contributed by atoms with van der Waals surface area (Å²) in [6.45, 7) is 7.40. The van der Waals surface area contributed by atoms with Crippen LogP contribution in [-0.4, -0.2) is 70.4 Å². The number of para-hydroxylation sites is 1. The fourth-order valence-electron chi connectivity index (χ4n) is 12.8. The molecule has 1 amide bonds. The van der Waals surface area contributed by atoms with E-state index in [0.29, 0.717) is 26.1 Å². The van der Waals surface area contributed by atoms with Gasteiger partial charge in [0.15, 0.2) is 5.78 Å². The lowest BCUT2D eigenvalue weighted by atomic mass is 9.32. The number of fused-ring (bicyclic) bond motifs is 1. The first-order valence-corrected chi connectivity index (χ1v) is 18.8. The van der Waals surface area contributed by atoms with Crippen molar-refractivity contribution < 1.29 is 19.8 Å². The number of hydrogen-bond acceptors (Lipinski definition) is 6. The van der Waals surface area contributed by atoms with Crippen LogP contribution in [0.25, 0.3) is 0 Å². The fourth-order valence-corrected chi connectivity index (χ4v) is 12.8. The molecule has 2 saturated heterocycles. The second kappa shape index (κ2) is 10.6. The van der Waals surface area contributed by atoms with Gasteiger partial charge in [0, 0.05) is 52.7 Å². The Morgan fingerprint density at radius 1 is 0.857 bits per heavy atom. The van der Waals surface area contributed by atoms with Crippen molar-refractivity contribution >= 4 is 17.4 Å². The van der Waals surface area contributed by atoms with E-state index in [1.807, 2.05) is 48.5 Å². The third-order valence-corrected chi connectivity index (χ3v) is 15.6. The second-order valence-electron chi connectivity index (χ2n) is 17.2. The van der Waals surface area contributed by atoms with Crippen LogP contribution in [0.3, 0.4) is 0 Å². The number of benzene rings is 2. The molecule has 8 atom stereocenters. The minimum Gasteiger partial charge on any atom is -0.393 e. The second-order valence-corrected chi connectivity index (χ2v) is 17.2. The van der Waals surface area contributed by atoms with E-state index in [2.05, 4.69) is 59.3 Å². The zero-order chi connectivity index (χ0) is 33.9. The average Bonchev–Trinajstić information content (AvgIpc) is 3.57. The van der Waals surface area contributed by atoms with E-state index in [-0.39, 0.29) is 45.9 Å². The highest BCUT2D eigenvalue weighted by Gasteiger charge is 2.74. The molecule has 258 valence electrons. The molecule has 7 nitrogen and oxygen atoms in total. The number of carbonyl (C=O) groups is 2. The Morgan fingerprint density at radius 2 is 1.51 bits per heavy atom. The maximum absolute atomic E-state index is 14.7. The maximum Gasteiger partial charge on any atom is 0.247 e. The van der Waals surface area contributed by atoms with Crippen LogP contribution in [0.15, 0.2) is 84.5 Å². The fraction of sp³-hybridized carbons (Fsp3) is 0.571. The summed E-state index contributed by atoms with van der Waals surface area (Å²) in [7, 11) is 0. The lowest BCUT2D eigenvalue weighted by Crippen LogP contribution is -2.67. The molecule has 2 bridgehead atoms. The quantitative estimate of drug-likeness (QED) is 0.274. The van der Waals surface area contributed by atoms with Gasteiger partial charge in [-0.2, -0.15) is 0 Å². The summed E-state index contributed by atoms with van der Waals surface area (Å²) in [6, 6.07) is 20.0. The number of allylic oxidation sites excluding steroid dienone is 4. The molecule has 1 unspecified atom stereocenters. The SMILES string of the molecule is C[C@]12CC[C@H]3[C@]4(C=C[C@@]5(C=C4C(=O)c4ccccc4)CC(O)CC[C@]35C)[C@@H]1CC[C@@]2(O)CN1CCC2(CC1)C(=O)NCN2c1ccccc1. The molecule has 2 aromatic rings. The molecule has 10 rings (SSSR count). The third-order valence-electron chi connectivity index (χ3n) is 15.6. The number of nitrogens with one attached hydrogen (secondary N) is 1. The van der Waals surface area contributed by atoms with E-state index in [9.17, 15) is 19.8 Å². The Labute approximate surface area is 290 Å². The molecule has 5 fully saturated rings. The number of Topliss-reactive ketones (excluding diaryl/α,β-unsaturated/α-hetero) is 1. The minimum absolute atomic E-state index is 0.0445. The van der Waals surface area contributed by atoms with Gasteiger partial charge in [-0.25, -0.2) is 0 Å². The predicted molar refractivity (Wildman–Crippen MR) is 190 cm³/mol. The molecule has 6 aliphatic carbocycles. The Bertz CT molecular complexity index is 1730. The van der Waals surface area contributed by atoms with Crippen molar-refractivity contribution in [1.82, 2.24) is 10.2 Å². The van der Waals surface area contributed by atoms with Gasteiger partial charge < -0.3 is 25.3 Å². The molecule has 49 heavy (non-hydrogen) atoms. The van der Waals surface area contributed by atoms with E-state index in [1.165, 1.54) is 0 Å². The summed E-state index contributed by atoms with van der Waals surface area (Å²) in [4.78, 5) is 32.7. The van der Waals surface area contributed by atoms with Gasteiger partial charge in [-0.3, -0.25) is 9.59 Å². The van der Waals surface area contributed by atoms with Crippen LogP contribution in [0.1, 0.15) is 82.0 Å². The molecular formula is C42H51N3O4. The highest BCUT2D eigenvalue weighted by atomic mass is 16.3. The number of amides is 1. The number of hydrogen-bond donors (Lipinski definition) is 3. The largest absolute Gasteiger partial charge is 0.393 e. The van der Waals surface area contributed by atoms with E-state index >= 15 is 0 Å². The summed E-state index contributed by atoms with van der Waals surface area (Å²) in [5, 5.41) is 27.0. The minimum atomic E-state index is -0.899.